The van der Waals surface area contributed by atoms with E-state index in [1.807, 2.05) is 11.7 Å². The van der Waals surface area contributed by atoms with Gasteiger partial charge in [0.15, 0.2) is 0 Å². The molecule has 0 saturated heterocycles. The second kappa shape index (κ2) is 2.35. The number of hydrogen-bond donors (Lipinski definition) is 1. The number of aryl methyl sites for hydroxylation is 2. The van der Waals surface area contributed by atoms with E-state index in [0.717, 1.165) is 0 Å². The second-order valence-electron chi connectivity index (χ2n) is 4.70. The van der Waals surface area contributed by atoms with E-state index in [9.17, 15) is 0 Å². The highest BCUT2D eigenvalue weighted by atomic mass is 15.3. The molecule has 1 saturated carbocycles. The fraction of sp³-hybridized carbons (Fsp3) is 0.700. The average Bonchev–Trinajstić information content (AvgIpc) is 2.36. The lowest BCUT2D eigenvalue weighted by molar-refractivity contribution is 0.591. The van der Waals surface area contributed by atoms with Crippen LogP contribution in [-0.2, 0) is 7.05 Å². The Morgan fingerprint density at radius 3 is 2.38 bits per heavy atom. The maximum atomic E-state index is 6.01. The van der Waals surface area contributed by atoms with Crippen LogP contribution in [0.3, 0.4) is 0 Å². The molecule has 1 heterocycles. The number of nitrogens with zero attached hydrogens (tertiary/aromatic N) is 2. The molecule has 0 spiro atoms. The van der Waals surface area contributed by atoms with Gasteiger partial charge >= 0.3 is 0 Å². The molecule has 1 aromatic heterocycles. The Hall–Kier alpha value is -0.830. The summed E-state index contributed by atoms with van der Waals surface area (Å²) in [5, 5.41) is 4.45. The van der Waals surface area contributed by atoms with Crippen molar-refractivity contribution in [3.05, 3.63) is 17.5 Å². The lowest BCUT2D eigenvalue weighted by atomic mass is 10.1. The molecule has 1 fully saturated rings. The van der Waals surface area contributed by atoms with Gasteiger partial charge in [0, 0.05) is 25.2 Å². The molecular formula is C10H17N3. The minimum atomic E-state index is 0.235. The summed E-state index contributed by atoms with van der Waals surface area (Å²) in [7, 11) is 1.96. The van der Waals surface area contributed by atoms with Crippen LogP contribution in [0.2, 0.25) is 0 Å². The van der Waals surface area contributed by atoms with Crippen molar-refractivity contribution in [1.82, 2.24) is 9.78 Å². The zero-order valence-electron chi connectivity index (χ0n) is 8.70. The van der Waals surface area contributed by atoms with Crippen LogP contribution in [0.15, 0.2) is 6.20 Å². The largest absolute Gasteiger partial charge is 0.327 e. The average molecular weight is 179 g/mol. The molecule has 0 bridgehead atoms. The third-order valence-electron chi connectivity index (χ3n) is 3.26. The van der Waals surface area contributed by atoms with Gasteiger partial charge in [0.05, 0.1) is 5.69 Å². The van der Waals surface area contributed by atoms with Gasteiger partial charge in [-0.15, -0.1) is 0 Å². The molecule has 13 heavy (non-hydrogen) atoms. The first kappa shape index (κ1) is 8.75. The van der Waals surface area contributed by atoms with Crippen molar-refractivity contribution in [1.29, 1.82) is 0 Å². The molecule has 0 amide bonds. The van der Waals surface area contributed by atoms with Crippen molar-refractivity contribution < 1.29 is 0 Å². The van der Waals surface area contributed by atoms with Crippen LogP contribution in [0, 0.1) is 12.3 Å². The summed E-state index contributed by atoms with van der Waals surface area (Å²) in [6.45, 7) is 6.51. The Labute approximate surface area is 78.9 Å². The van der Waals surface area contributed by atoms with Gasteiger partial charge in [-0.25, -0.2) is 0 Å². The van der Waals surface area contributed by atoms with Gasteiger partial charge in [0.1, 0.15) is 0 Å². The van der Waals surface area contributed by atoms with Gasteiger partial charge in [-0.1, -0.05) is 13.8 Å². The van der Waals surface area contributed by atoms with E-state index in [2.05, 4.69) is 32.1 Å². The molecule has 3 heteroatoms. The predicted molar refractivity (Wildman–Crippen MR) is 52.4 cm³/mol. The van der Waals surface area contributed by atoms with Crippen LogP contribution in [0.25, 0.3) is 0 Å². The van der Waals surface area contributed by atoms with Crippen LogP contribution in [0.1, 0.15) is 31.0 Å². The van der Waals surface area contributed by atoms with Crippen molar-refractivity contribution in [3.8, 4) is 0 Å². The minimum Gasteiger partial charge on any atom is -0.327 e. The molecule has 3 nitrogen and oxygen atoms in total. The van der Waals surface area contributed by atoms with Gasteiger partial charge in [-0.05, 0) is 17.9 Å². The first-order chi connectivity index (χ1) is 5.94. The third kappa shape index (κ3) is 1.10. The molecule has 0 aliphatic heterocycles. The highest BCUT2D eigenvalue weighted by molar-refractivity contribution is 5.33. The Morgan fingerprint density at radius 1 is 1.54 bits per heavy atom. The maximum Gasteiger partial charge on any atom is 0.0706 e. The molecule has 1 aliphatic rings. The fourth-order valence-electron chi connectivity index (χ4n) is 2.13. The Balaban J connectivity index is 2.34. The number of rotatable bonds is 1. The maximum absolute atomic E-state index is 6.01. The van der Waals surface area contributed by atoms with Crippen molar-refractivity contribution in [2.24, 2.45) is 18.2 Å². The van der Waals surface area contributed by atoms with E-state index in [4.69, 9.17) is 5.73 Å². The molecule has 1 aliphatic carbocycles. The zero-order chi connectivity index (χ0) is 9.80. The van der Waals surface area contributed by atoms with E-state index in [-0.39, 0.29) is 11.5 Å². The Kier molecular flexibility index (Phi) is 1.58. The lowest BCUT2D eigenvalue weighted by Gasteiger charge is -1.99. The number of aromatic nitrogens is 2. The topological polar surface area (TPSA) is 43.8 Å². The molecule has 1 aromatic rings. The molecule has 72 valence electrons. The second-order valence-corrected chi connectivity index (χ2v) is 4.70. The Bertz CT molecular complexity index is 338. The lowest BCUT2D eigenvalue weighted by Crippen LogP contribution is -2.06. The first-order valence-electron chi connectivity index (χ1n) is 4.70. The summed E-state index contributed by atoms with van der Waals surface area (Å²) < 4.78 is 1.87. The van der Waals surface area contributed by atoms with Crippen molar-refractivity contribution in [3.63, 3.8) is 0 Å². The molecule has 0 radical (unpaired) electrons. The van der Waals surface area contributed by atoms with Crippen molar-refractivity contribution in [2.75, 3.05) is 0 Å². The fourth-order valence-corrected chi connectivity index (χ4v) is 2.13. The van der Waals surface area contributed by atoms with Gasteiger partial charge in [0.25, 0.3) is 0 Å². The molecule has 2 rings (SSSR count). The van der Waals surface area contributed by atoms with E-state index in [1.54, 1.807) is 0 Å². The standard InChI is InChI=1S/C10H17N3/c1-6-5-13(4)12-8(6)7-9(11)10(7,2)3/h5,7,9H,11H2,1-4H3/t7-,9-/m1/s1. The van der Waals surface area contributed by atoms with E-state index in [0.29, 0.717) is 5.92 Å². The van der Waals surface area contributed by atoms with Crippen LogP contribution in [0.5, 0.6) is 0 Å². The summed E-state index contributed by atoms with van der Waals surface area (Å²) in [4.78, 5) is 0. The van der Waals surface area contributed by atoms with E-state index in [1.165, 1.54) is 11.3 Å². The summed E-state index contributed by atoms with van der Waals surface area (Å²) in [5.74, 6) is 0.452. The highest BCUT2D eigenvalue weighted by Crippen LogP contribution is 2.57. The molecule has 0 aromatic carbocycles. The first-order valence-corrected chi connectivity index (χ1v) is 4.70. The van der Waals surface area contributed by atoms with E-state index >= 15 is 0 Å². The third-order valence-corrected chi connectivity index (χ3v) is 3.26. The Morgan fingerprint density at radius 2 is 2.08 bits per heavy atom. The quantitative estimate of drug-likeness (QED) is 0.703. The predicted octanol–water partition coefficient (Wildman–Crippen LogP) is 1.18. The van der Waals surface area contributed by atoms with Gasteiger partial charge in [0.2, 0.25) is 0 Å². The van der Waals surface area contributed by atoms with Crippen molar-refractivity contribution in [2.45, 2.75) is 32.7 Å². The summed E-state index contributed by atoms with van der Waals surface area (Å²) >= 11 is 0. The smallest absolute Gasteiger partial charge is 0.0706 e. The van der Waals surface area contributed by atoms with Crippen LogP contribution in [0.4, 0.5) is 0 Å². The minimum absolute atomic E-state index is 0.235. The van der Waals surface area contributed by atoms with E-state index < -0.39 is 0 Å². The number of hydrogen-bond acceptors (Lipinski definition) is 2. The van der Waals surface area contributed by atoms with Crippen LogP contribution in [-0.4, -0.2) is 15.8 Å². The van der Waals surface area contributed by atoms with Gasteiger partial charge in [-0.3, -0.25) is 4.68 Å². The van der Waals surface area contributed by atoms with Gasteiger partial charge in [-0.2, -0.15) is 5.10 Å². The normalized spacial score (nSPS) is 30.5. The summed E-state index contributed by atoms with van der Waals surface area (Å²) in [5.41, 5.74) is 8.68. The molecular weight excluding hydrogens is 162 g/mol. The van der Waals surface area contributed by atoms with Crippen LogP contribution >= 0.6 is 0 Å². The zero-order valence-corrected chi connectivity index (χ0v) is 8.70. The van der Waals surface area contributed by atoms with Gasteiger partial charge < -0.3 is 5.73 Å². The monoisotopic (exact) mass is 179 g/mol. The summed E-state index contributed by atoms with van der Waals surface area (Å²) in [6.07, 6.45) is 2.05. The number of nitrogens with two attached hydrogens (primary N) is 1. The highest BCUT2D eigenvalue weighted by Gasteiger charge is 2.57. The van der Waals surface area contributed by atoms with Crippen LogP contribution < -0.4 is 5.73 Å². The molecule has 0 unspecified atom stereocenters. The molecule has 2 N–H and O–H groups in total. The van der Waals surface area contributed by atoms with Crippen molar-refractivity contribution >= 4 is 0 Å². The SMILES string of the molecule is Cc1cn(C)nc1[C@@H]1[C@@H](N)C1(C)C. The molecule has 2 atom stereocenters. The summed E-state index contributed by atoms with van der Waals surface area (Å²) in [6, 6.07) is 0.279.